The summed E-state index contributed by atoms with van der Waals surface area (Å²) in [6.07, 6.45) is 3.75. The second-order valence-electron chi connectivity index (χ2n) is 5.49. The van der Waals surface area contributed by atoms with Gasteiger partial charge in [0.2, 0.25) is 0 Å². The Hall–Kier alpha value is -1.41. The van der Waals surface area contributed by atoms with Crippen molar-refractivity contribution in [2.45, 2.75) is 31.9 Å². The van der Waals surface area contributed by atoms with Gasteiger partial charge >= 0.3 is 0 Å². The first-order chi connectivity index (χ1) is 10.2. The number of benzene rings is 1. The molecule has 1 aromatic rings. The van der Waals surface area contributed by atoms with Crippen LogP contribution in [0.3, 0.4) is 0 Å². The summed E-state index contributed by atoms with van der Waals surface area (Å²) >= 11 is 0. The van der Waals surface area contributed by atoms with E-state index in [0.29, 0.717) is 12.1 Å². The lowest BCUT2D eigenvalue weighted by molar-refractivity contribution is -0.00259. The predicted octanol–water partition coefficient (Wildman–Crippen LogP) is 2.17. The van der Waals surface area contributed by atoms with Gasteiger partial charge in [-0.15, -0.1) is 0 Å². The van der Waals surface area contributed by atoms with Crippen LogP contribution in [-0.2, 0) is 11.3 Å². The molecule has 1 heterocycles. The largest absolute Gasteiger partial charge is 0.384 e. The van der Waals surface area contributed by atoms with Gasteiger partial charge in [0, 0.05) is 25.3 Å². The Morgan fingerprint density at radius 3 is 2.95 bits per heavy atom. The molecule has 0 saturated carbocycles. The SMILES string of the molecule is CN(Cc1cc(F)cc(C#CCO)c1)CC1CCCCO1. The van der Waals surface area contributed by atoms with Crippen molar-refractivity contribution in [3.63, 3.8) is 0 Å². The first-order valence-corrected chi connectivity index (χ1v) is 7.36. The minimum Gasteiger partial charge on any atom is -0.384 e. The zero-order chi connectivity index (χ0) is 15.1. The number of rotatable bonds is 4. The number of aliphatic hydroxyl groups is 1. The summed E-state index contributed by atoms with van der Waals surface area (Å²) in [6, 6.07) is 4.78. The number of aliphatic hydroxyl groups excluding tert-OH is 1. The summed E-state index contributed by atoms with van der Waals surface area (Å²) in [7, 11) is 2.02. The van der Waals surface area contributed by atoms with E-state index in [0.717, 1.165) is 31.6 Å². The fourth-order valence-electron chi connectivity index (χ4n) is 2.63. The van der Waals surface area contributed by atoms with Crippen LogP contribution in [-0.4, -0.2) is 42.9 Å². The van der Waals surface area contributed by atoms with Crippen molar-refractivity contribution in [3.05, 3.63) is 35.1 Å². The molecule has 4 heteroatoms. The third-order valence-corrected chi connectivity index (χ3v) is 3.51. The Bertz CT molecular complexity index is 515. The van der Waals surface area contributed by atoms with Crippen LogP contribution in [0.4, 0.5) is 4.39 Å². The van der Waals surface area contributed by atoms with Gasteiger partial charge in [0.25, 0.3) is 0 Å². The number of halogens is 1. The highest BCUT2D eigenvalue weighted by Crippen LogP contribution is 2.15. The topological polar surface area (TPSA) is 32.7 Å². The summed E-state index contributed by atoms with van der Waals surface area (Å²) in [5.41, 5.74) is 1.48. The van der Waals surface area contributed by atoms with Crippen LogP contribution < -0.4 is 0 Å². The molecule has 1 fully saturated rings. The summed E-state index contributed by atoms with van der Waals surface area (Å²) < 4.78 is 19.3. The van der Waals surface area contributed by atoms with Crippen molar-refractivity contribution in [2.24, 2.45) is 0 Å². The van der Waals surface area contributed by atoms with Crippen LogP contribution in [0.25, 0.3) is 0 Å². The molecule has 1 atom stereocenters. The molecule has 1 unspecified atom stereocenters. The molecule has 1 aromatic carbocycles. The second-order valence-corrected chi connectivity index (χ2v) is 5.49. The summed E-state index contributed by atoms with van der Waals surface area (Å²) in [5.74, 6) is 5.00. The van der Waals surface area contributed by atoms with Gasteiger partial charge in [-0.1, -0.05) is 11.8 Å². The van der Waals surface area contributed by atoms with E-state index in [4.69, 9.17) is 9.84 Å². The van der Waals surface area contributed by atoms with Gasteiger partial charge in [0.15, 0.2) is 0 Å². The second kappa shape index (κ2) is 8.14. The van der Waals surface area contributed by atoms with E-state index in [-0.39, 0.29) is 18.5 Å². The molecule has 0 aliphatic carbocycles. The Labute approximate surface area is 125 Å². The monoisotopic (exact) mass is 291 g/mol. The highest BCUT2D eigenvalue weighted by molar-refractivity contribution is 5.37. The normalized spacial score (nSPS) is 18.4. The molecule has 2 rings (SSSR count). The Morgan fingerprint density at radius 2 is 2.24 bits per heavy atom. The van der Waals surface area contributed by atoms with Gasteiger partial charge in [-0.25, -0.2) is 4.39 Å². The highest BCUT2D eigenvalue weighted by Gasteiger charge is 2.16. The first kappa shape index (κ1) is 16.0. The molecule has 1 aliphatic heterocycles. The molecule has 114 valence electrons. The standard InChI is InChI=1S/C17H22FNO2/c1-19(13-17-6-2-3-8-21-17)12-15-9-14(5-4-7-20)10-16(18)11-15/h9-11,17,20H,2-3,6-8,12-13H2,1H3. The number of ether oxygens (including phenoxy) is 1. The number of hydrogen-bond acceptors (Lipinski definition) is 3. The summed E-state index contributed by atoms with van der Waals surface area (Å²) in [4.78, 5) is 2.15. The molecule has 0 bridgehead atoms. The summed E-state index contributed by atoms with van der Waals surface area (Å²) in [6.45, 7) is 2.14. The molecule has 21 heavy (non-hydrogen) atoms. The number of likely N-dealkylation sites (N-methyl/N-ethyl adjacent to an activating group) is 1. The van der Waals surface area contributed by atoms with Crippen LogP contribution in [0.2, 0.25) is 0 Å². The molecule has 1 saturated heterocycles. The van der Waals surface area contributed by atoms with Crippen molar-refractivity contribution in [1.29, 1.82) is 0 Å². The third-order valence-electron chi connectivity index (χ3n) is 3.51. The first-order valence-electron chi connectivity index (χ1n) is 7.36. The quantitative estimate of drug-likeness (QED) is 0.863. The van der Waals surface area contributed by atoms with Crippen molar-refractivity contribution < 1.29 is 14.2 Å². The van der Waals surface area contributed by atoms with E-state index in [1.54, 1.807) is 0 Å². The Kier molecular flexibility index (Phi) is 6.19. The molecular weight excluding hydrogens is 269 g/mol. The maximum Gasteiger partial charge on any atom is 0.124 e. The van der Waals surface area contributed by atoms with E-state index < -0.39 is 0 Å². The maximum atomic E-state index is 13.6. The third kappa shape index (κ3) is 5.47. The fraction of sp³-hybridized carbons (Fsp3) is 0.529. The van der Waals surface area contributed by atoms with Crippen molar-refractivity contribution in [3.8, 4) is 11.8 Å². The van der Waals surface area contributed by atoms with Gasteiger partial charge in [-0.3, -0.25) is 4.90 Å². The molecule has 1 N–H and O–H groups in total. The lowest BCUT2D eigenvalue weighted by Gasteiger charge is -2.27. The lowest BCUT2D eigenvalue weighted by atomic mass is 10.1. The van der Waals surface area contributed by atoms with Gasteiger partial charge in [0.1, 0.15) is 12.4 Å². The van der Waals surface area contributed by atoms with Crippen LogP contribution >= 0.6 is 0 Å². The molecule has 0 aromatic heterocycles. The minimum absolute atomic E-state index is 0.217. The van der Waals surface area contributed by atoms with E-state index in [9.17, 15) is 4.39 Å². The molecule has 1 aliphatic rings. The average molecular weight is 291 g/mol. The zero-order valence-corrected chi connectivity index (χ0v) is 12.4. The maximum absolute atomic E-state index is 13.6. The van der Waals surface area contributed by atoms with Crippen LogP contribution in [0.15, 0.2) is 18.2 Å². The van der Waals surface area contributed by atoms with Gasteiger partial charge in [0.05, 0.1) is 6.10 Å². The molecular formula is C17H22FNO2. The Morgan fingerprint density at radius 1 is 1.38 bits per heavy atom. The van der Waals surface area contributed by atoms with E-state index >= 15 is 0 Å². The number of hydrogen-bond donors (Lipinski definition) is 1. The fourth-order valence-corrected chi connectivity index (χ4v) is 2.63. The minimum atomic E-state index is -0.294. The smallest absolute Gasteiger partial charge is 0.124 e. The molecule has 0 spiro atoms. The van der Waals surface area contributed by atoms with Gasteiger partial charge < -0.3 is 9.84 Å². The molecule has 3 nitrogen and oxygen atoms in total. The molecule has 0 amide bonds. The van der Waals surface area contributed by atoms with Gasteiger partial charge in [-0.2, -0.15) is 0 Å². The molecule has 0 radical (unpaired) electrons. The van der Waals surface area contributed by atoms with Crippen molar-refractivity contribution in [1.82, 2.24) is 4.90 Å². The average Bonchev–Trinajstić information content (AvgIpc) is 2.45. The van der Waals surface area contributed by atoms with Crippen LogP contribution in [0.5, 0.6) is 0 Å². The van der Waals surface area contributed by atoms with E-state index in [2.05, 4.69) is 16.7 Å². The zero-order valence-electron chi connectivity index (χ0n) is 12.4. The predicted molar refractivity (Wildman–Crippen MR) is 80.3 cm³/mol. The van der Waals surface area contributed by atoms with Crippen LogP contribution in [0, 0.1) is 17.7 Å². The number of nitrogens with zero attached hydrogens (tertiary/aromatic N) is 1. The Balaban J connectivity index is 1.96. The van der Waals surface area contributed by atoms with Crippen LogP contribution in [0.1, 0.15) is 30.4 Å². The summed E-state index contributed by atoms with van der Waals surface area (Å²) in [5, 5.41) is 8.70. The van der Waals surface area contributed by atoms with Crippen molar-refractivity contribution >= 4 is 0 Å². The van der Waals surface area contributed by atoms with E-state index in [1.165, 1.54) is 18.6 Å². The lowest BCUT2D eigenvalue weighted by Crippen LogP contribution is -2.33. The van der Waals surface area contributed by atoms with E-state index in [1.807, 2.05) is 13.1 Å². The van der Waals surface area contributed by atoms with Gasteiger partial charge in [-0.05, 0) is 50.1 Å². The van der Waals surface area contributed by atoms with Crippen molar-refractivity contribution in [2.75, 3.05) is 26.8 Å². The highest BCUT2D eigenvalue weighted by atomic mass is 19.1.